The number of nitrogens with zero attached hydrogens (tertiary/aromatic N) is 1. The van der Waals surface area contributed by atoms with E-state index in [1.807, 2.05) is 0 Å². The summed E-state index contributed by atoms with van der Waals surface area (Å²) in [6.45, 7) is 6.75. The monoisotopic (exact) mass is 298 g/mol. The highest BCUT2D eigenvalue weighted by Crippen LogP contribution is 2.16. The minimum Gasteiger partial charge on any atom is -0.387 e. The molecule has 0 spiro atoms. The Kier molecular flexibility index (Phi) is 6.08. The Balaban J connectivity index is 1.70. The summed E-state index contributed by atoms with van der Waals surface area (Å²) in [6.07, 6.45) is 1.75. The molecule has 5 heteroatoms. The van der Waals surface area contributed by atoms with Crippen LogP contribution in [0.4, 0.5) is 8.78 Å². The van der Waals surface area contributed by atoms with E-state index >= 15 is 0 Å². The summed E-state index contributed by atoms with van der Waals surface area (Å²) in [5, 5.41) is 13.2. The molecule has 0 saturated carbocycles. The van der Waals surface area contributed by atoms with Crippen molar-refractivity contribution in [1.82, 2.24) is 10.2 Å². The number of hydrogen-bond acceptors (Lipinski definition) is 3. The van der Waals surface area contributed by atoms with Gasteiger partial charge in [-0.2, -0.15) is 0 Å². The van der Waals surface area contributed by atoms with Gasteiger partial charge in [-0.15, -0.1) is 0 Å². The Morgan fingerprint density at radius 2 is 1.90 bits per heavy atom. The lowest BCUT2D eigenvalue weighted by Crippen LogP contribution is -2.33. The van der Waals surface area contributed by atoms with Gasteiger partial charge in [0.15, 0.2) is 11.6 Å². The molecule has 2 N–H and O–H groups in total. The van der Waals surface area contributed by atoms with Crippen LogP contribution >= 0.6 is 0 Å². The first-order valence-corrected chi connectivity index (χ1v) is 7.62. The van der Waals surface area contributed by atoms with Gasteiger partial charge in [0.2, 0.25) is 0 Å². The molecular formula is C16H24F2N2O. The van der Waals surface area contributed by atoms with Crippen LogP contribution in [0.3, 0.4) is 0 Å². The van der Waals surface area contributed by atoms with E-state index in [2.05, 4.69) is 17.1 Å². The van der Waals surface area contributed by atoms with Gasteiger partial charge in [0.05, 0.1) is 6.10 Å². The summed E-state index contributed by atoms with van der Waals surface area (Å²) in [7, 11) is 0. The molecule has 0 aliphatic carbocycles. The highest BCUT2D eigenvalue weighted by atomic mass is 19.2. The number of hydrogen-bond donors (Lipinski definition) is 2. The molecule has 1 saturated heterocycles. The molecule has 118 valence electrons. The van der Waals surface area contributed by atoms with Crippen LogP contribution in [0, 0.1) is 17.6 Å². The highest BCUT2D eigenvalue weighted by Gasteiger charge is 2.15. The van der Waals surface area contributed by atoms with Gasteiger partial charge in [-0.05, 0) is 56.1 Å². The van der Waals surface area contributed by atoms with Crippen LogP contribution in [0.1, 0.15) is 31.4 Å². The number of nitrogens with one attached hydrogen (secondary N) is 1. The maximum atomic E-state index is 13.1. The zero-order valence-electron chi connectivity index (χ0n) is 12.5. The molecule has 0 radical (unpaired) electrons. The average molecular weight is 298 g/mol. The second kappa shape index (κ2) is 7.82. The van der Waals surface area contributed by atoms with E-state index in [4.69, 9.17) is 0 Å². The second-order valence-corrected chi connectivity index (χ2v) is 5.96. The largest absolute Gasteiger partial charge is 0.387 e. The SMILES string of the molecule is CC(CNCC(O)c1ccc(F)c(F)c1)CN1CCCC1. The Hall–Kier alpha value is -1.04. The summed E-state index contributed by atoms with van der Waals surface area (Å²) in [4.78, 5) is 2.46. The third kappa shape index (κ3) is 5.02. The molecule has 1 fully saturated rings. The normalized spacial score (nSPS) is 18.9. The maximum Gasteiger partial charge on any atom is 0.159 e. The van der Waals surface area contributed by atoms with Crippen LogP contribution in [0.5, 0.6) is 0 Å². The molecule has 1 aromatic carbocycles. The molecule has 2 unspecified atom stereocenters. The molecule has 0 bridgehead atoms. The summed E-state index contributed by atoms with van der Waals surface area (Å²) < 4.78 is 25.9. The van der Waals surface area contributed by atoms with Crippen molar-refractivity contribution in [2.24, 2.45) is 5.92 Å². The molecule has 21 heavy (non-hydrogen) atoms. The average Bonchev–Trinajstić information content (AvgIpc) is 2.94. The number of aliphatic hydroxyl groups is 1. The molecular weight excluding hydrogens is 274 g/mol. The lowest BCUT2D eigenvalue weighted by atomic mass is 10.1. The first kappa shape index (κ1) is 16.3. The number of aliphatic hydroxyl groups excluding tert-OH is 1. The fourth-order valence-electron chi connectivity index (χ4n) is 2.77. The Morgan fingerprint density at radius 1 is 1.19 bits per heavy atom. The summed E-state index contributed by atoms with van der Waals surface area (Å²) >= 11 is 0. The van der Waals surface area contributed by atoms with Gasteiger partial charge in [-0.1, -0.05) is 13.0 Å². The van der Waals surface area contributed by atoms with Crippen LogP contribution in [-0.4, -0.2) is 42.7 Å². The predicted octanol–water partition coefficient (Wildman–Crippen LogP) is 2.32. The van der Waals surface area contributed by atoms with E-state index in [0.29, 0.717) is 18.0 Å². The van der Waals surface area contributed by atoms with E-state index in [-0.39, 0.29) is 0 Å². The van der Waals surface area contributed by atoms with Crippen molar-refractivity contribution in [2.45, 2.75) is 25.9 Å². The Morgan fingerprint density at radius 3 is 2.57 bits per heavy atom. The molecule has 3 nitrogen and oxygen atoms in total. The van der Waals surface area contributed by atoms with Crippen molar-refractivity contribution >= 4 is 0 Å². The number of likely N-dealkylation sites (tertiary alicyclic amines) is 1. The van der Waals surface area contributed by atoms with Crippen LogP contribution in [0.2, 0.25) is 0 Å². The number of rotatable bonds is 7. The van der Waals surface area contributed by atoms with E-state index in [9.17, 15) is 13.9 Å². The lowest BCUT2D eigenvalue weighted by Gasteiger charge is -2.21. The smallest absolute Gasteiger partial charge is 0.159 e. The highest BCUT2D eigenvalue weighted by molar-refractivity contribution is 5.20. The van der Waals surface area contributed by atoms with Crippen LogP contribution in [-0.2, 0) is 0 Å². The Bertz CT molecular complexity index is 450. The summed E-state index contributed by atoms with van der Waals surface area (Å²) in [5.74, 6) is -1.31. The zero-order valence-corrected chi connectivity index (χ0v) is 12.5. The Labute approximate surface area is 125 Å². The van der Waals surface area contributed by atoms with Crippen molar-refractivity contribution < 1.29 is 13.9 Å². The molecule has 1 aliphatic rings. The van der Waals surface area contributed by atoms with Crippen molar-refractivity contribution in [3.05, 3.63) is 35.4 Å². The first-order chi connectivity index (χ1) is 10.1. The van der Waals surface area contributed by atoms with Gasteiger partial charge in [0.25, 0.3) is 0 Å². The predicted molar refractivity (Wildman–Crippen MR) is 79.0 cm³/mol. The van der Waals surface area contributed by atoms with Gasteiger partial charge in [0.1, 0.15) is 0 Å². The minimum absolute atomic E-state index is 0.343. The number of halogens is 2. The van der Waals surface area contributed by atoms with Crippen molar-refractivity contribution in [2.75, 3.05) is 32.7 Å². The third-order valence-corrected chi connectivity index (χ3v) is 3.93. The van der Waals surface area contributed by atoms with Crippen LogP contribution < -0.4 is 5.32 Å². The van der Waals surface area contributed by atoms with Gasteiger partial charge in [0, 0.05) is 13.1 Å². The molecule has 2 atom stereocenters. The summed E-state index contributed by atoms with van der Waals surface area (Å²) in [6, 6.07) is 3.51. The first-order valence-electron chi connectivity index (χ1n) is 7.62. The van der Waals surface area contributed by atoms with Gasteiger partial charge in [-0.25, -0.2) is 8.78 Å². The van der Waals surface area contributed by atoms with Crippen LogP contribution in [0.15, 0.2) is 18.2 Å². The standard InChI is InChI=1S/C16H24F2N2O/c1-12(11-20-6-2-3-7-20)9-19-10-16(21)13-4-5-14(17)15(18)8-13/h4-5,8,12,16,19,21H,2-3,6-7,9-11H2,1H3. The second-order valence-electron chi connectivity index (χ2n) is 5.96. The van der Waals surface area contributed by atoms with Gasteiger partial charge in [-0.3, -0.25) is 0 Å². The van der Waals surface area contributed by atoms with Gasteiger partial charge >= 0.3 is 0 Å². The molecule has 1 aliphatic heterocycles. The van der Waals surface area contributed by atoms with E-state index in [1.54, 1.807) is 0 Å². The summed E-state index contributed by atoms with van der Waals surface area (Å²) in [5.41, 5.74) is 0.397. The van der Waals surface area contributed by atoms with E-state index in [0.717, 1.165) is 25.2 Å². The van der Waals surface area contributed by atoms with Crippen molar-refractivity contribution in [3.8, 4) is 0 Å². The quantitative estimate of drug-likeness (QED) is 0.811. The number of benzene rings is 1. The molecule has 0 aromatic heterocycles. The topological polar surface area (TPSA) is 35.5 Å². The zero-order chi connectivity index (χ0) is 15.2. The van der Waals surface area contributed by atoms with Crippen molar-refractivity contribution in [3.63, 3.8) is 0 Å². The third-order valence-electron chi connectivity index (χ3n) is 3.93. The molecule has 1 heterocycles. The van der Waals surface area contributed by atoms with Crippen molar-refractivity contribution in [1.29, 1.82) is 0 Å². The van der Waals surface area contributed by atoms with E-state index < -0.39 is 17.7 Å². The maximum absolute atomic E-state index is 13.1. The fraction of sp³-hybridized carbons (Fsp3) is 0.625. The molecule has 0 amide bonds. The molecule has 1 aromatic rings. The lowest BCUT2D eigenvalue weighted by molar-refractivity contribution is 0.170. The van der Waals surface area contributed by atoms with Gasteiger partial charge < -0.3 is 15.3 Å². The fourth-order valence-corrected chi connectivity index (χ4v) is 2.77. The minimum atomic E-state index is -0.922. The van der Waals surface area contributed by atoms with Crippen LogP contribution in [0.25, 0.3) is 0 Å². The van der Waals surface area contributed by atoms with E-state index in [1.165, 1.54) is 32.0 Å². The molecule has 2 rings (SSSR count).